The number of ether oxygens (including phenoxy) is 2. The topological polar surface area (TPSA) is 67.8 Å². The van der Waals surface area contributed by atoms with E-state index >= 15 is 0 Å². The van der Waals surface area contributed by atoms with Crippen molar-refractivity contribution >= 4 is 5.78 Å². The molecule has 5 heteroatoms. The summed E-state index contributed by atoms with van der Waals surface area (Å²) >= 11 is 0. The number of carbonyl (C=O) groups is 1. The highest BCUT2D eigenvalue weighted by Crippen LogP contribution is 2.62. The van der Waals surface area contributed by atoms with Crippen molar-refractivity contribution in [3.05, 3.63) is 29.3 Å². The van der Waals surface area contributed by atoms with Crippen LogP contribution in [0.25, 0.3) is 0 Å². The van der Waals surface area contributed by atoms with E-state index in [2.05, 4.69) is 5.32 Å². The number of benzene rings is 1. The molecule has 122 valence electrons. The first-order valence-electron chi connectivity index (χ1n) is 8.51. The Morgan fingerprint density at radius 1 is 1.48 bits per heavy atom. The van der Waals surface area contributed by atoms with E-state index in [-0.39, 0.29) is 23.7 Å². The maximum Gasteiger partial charge on any atom is 0.191 e. The summed E-state index contributed by atoms with van der Waals surface area (Å²) in [4.78, 5) is 12.6. The van der Waals surface area contributed by atoms with Gasteiger partial charge in [-0.3, -0.25) is 4.79 Å². The van der Waals surface area contributed by atoms with Gasteiger partial charge in [-0.2, -0.15) is 0 Å². The first-order chi connectivity index (χ1) is 11.1. The maximum absolute atomic E-state index is 12.6. The molecule has 5 atom stereocenters. The largest absolute Gasteiger partial charge is 0.508 e. The average molecular weight is 315 g/mol. The molecule has 6 rings (SSSR count). The summed E-state index contributed by atoms with van der Waals surface area (Å²) in [5.74, 6) is 0.451. The highest BCUT2D eigenvalue weighted by Gasteiger charge is 2.75. The summed E-state index contributed by atoms with van der Waals surface area (Å²) in [6, 6.07) is 5.74. The van der Waals surface area contributed by atoms with E-state index in [0.717, 1.165) is 24.9 Å². The lowest BCUT2D eigenvalue weighted by Crippen LogP contribution is -2.84. The average Bonchev–Trinajstić information content (AvgIpc) is 2.54. The third-order valence-electron chi connectivity index (χ3n) is 6.44. The van der Waals surface area contributed by atoms with E-state index in [4.69, 9.17) is 9.47 Å². The lowest BCUT2D eigenvalue weighted by Gasteiger charge is -2.69. The monoisotopic (exact) mass is 315 g/mol. The van der Waals surface area contributed by atoms with Crippen molar-refractivity contribution in [2.24, 2.45) is 0 Å². The number of phenolic OH excluding ortho intramolecular Hbond substituents is 1. The van der Waals surface area contributed by atoms with Gasteiger partial charge < -0.3 is 19.9 Å². The zero-order valence-electron chi connectivity index (χ0n) is 13.2. The lowest BCUT2D eigenvalue weighted by atomic mass is 9.46. The SMILES string of the molecule is CCO[C@@]12CC3O[C@@H](C3=O)[C@@]13CCN[C@@H]2Cc1ccc(O)cc13. The third kappa shape index (κ3) is 1.42. The van der Waals surface area contributed by atoms with Crippen molar-refractivity contribution in [3.8, 4) is 5.75 Å². The second kappa shape index (κ2) is 4.35. The second-order valence-electron chi connectivity index (χ2n) is 7.21. The van der Waals surface area contributed by atoms with Crippen molar-refractivity contribution < 1.29 is 19.4 Å². The van der Waals surface area contributed by atoms with Crippen molar-refractivity contribution in [1.29, 1.82) is 0 Å². The molecular weight excluding hydrogens is 294 g/mol. The van der Waals surface area contributed by atoms with Crippen LogP contribution in [0.3, 0.4) is 0 Å². The summed E-state index contributed by atoms with van der Waals surface area (Å²) in [6.07, 6.45) is 1.52. The zero-order chi connectivity index (χ0) is 15.8. The Bertz CT molecular complexity index is 704. The normalized spacial score (nSPS) is 43.3. The molecule has 0 spiro atoms. The molecule has 1 saturated carbocycles. The molecule has 1 aromatic rings. The van der Waals surface area contributed by atoms with Gasteiger partial charge in [0.1, 0.15) is 18.0 Å². The number of piperidine rings is 1. The standard InChI is InChI=1S/C18H21NO4/c1-2-22-18-9-13-15(21)16(23-13)17(18)5-6-19-14(18)7-10-3-4-11(20)8-12(10)17/h3-4,8,13-14,16,19-20H,2,5-7,9H2,1H3/t13?,14-,16+,17+,18-/m1/s1. The number of rotatable bonds is 2. The highest BCUT2D eigenvalue weighted by atomic mass is 16.6. The number of ketones is 1. The van der Waals surface area contributed by atoms with Crippen LogP contribution in [0.4, 0.5) is 0 Å². The summed E-state index contributed by atoms with van der Waals surface area (Å²) in [5, 5.41) is 13.7. The number of aromatic hydroxyl groups is 1. The first-order valence-corrected chi connectivity index (χ1v) is 8.51. The quantitative estimate of drug-likeness (QED) is 0.854. The van der Waals surface area contributed by atoms with Crippen LogP contribution in [-0.2, 0) is 26.1 Å². The summed E-state index contributed by atoms with van der Waals surface area (Å²) in [6.45, 7) is 3.47. The Hall–Kier alpha value is -1.43. The van der Waals surface area contributed by atoms with E-state index in [1.54, 1.807) is 6.07 Å². The van der Waals surface area contributed by atoms with Crippen LogP contribution in [0.15, 0.2) is 18.2 Å². The predicted octanol–water partition coefficient (Wildman–Crippen LogP) is 1.06. The third-order valence-corrected chi connectivity index (χ3v) is 6.44. The molecule has 0 radical (unpaired) electrons. The van der Waals surface area contributed by atoms with Crippen LogP contribution in [0.2, 0.25) is 0 Å². The van der Waals surface area contributed by atoms with E-state index in [9.17, 15) is 9.90 Å². The molecular formula is C18H21NO4. The van der Waals surface area contributed by atoms with Crippen molar-refractivity contribution in [3.63, 3.8) is 0 Å². The Morgan fingerprint density at radius 2 is 2.35 bits per heavy atom. The summed E-state index contributed by atoms with van der Waals surface area (Å²) < 4.78 is 12.4. The fraction of sp³-hybridized carbons (Fsp3) is 0.611. The summed E-state index contributed by atoms with van der Waals surface area (Å²) in [5.41, 5.74) is 1.36. The van der Waals surface area contributed by atoms with Crippen molar-refractivity contribution in [1.82, 2.24) is 5.32 Å². The second-order valence-corrected chi connectivity index (χ2v) is 7.21. The molecule has 4 fully saturated rings. The van der Waals surface area contributed by atoms with Gasteiger partial charge in [0, 0.05) is 19.1 Å². The van der Waals surface area contributed by atoms with Crippen molar-refractivity contribution in [2.45, 2.75) is 55.5 Å². The summed E-state index contributed by atoms with van der Waals surface area (Å²) in [7, 11) is 0. The molecule has 4 bridgehead atoms. The molecule has 0 amide bonds. The van der Waals surface area contributed by atoms with E-state index < -0.39 is 17.1 Å². The molecule has 2 N–H and O–H groups in total. The Labute approximate surface area is 135 Å². The number of nitrogens with one attached hydrogen (secondary N) is 1. The minimum atomic E-state index is -0.475. The molecule has 23 heavy (non-hydrogen) atoms. The predicted molar refractivity (Wildman–Crippen MR) is 82.5 cm³/mol. The number of Topliss-reactive ketones (excluding diaryl/α,β-unsaturated/α-hetero) is 1. The van der Waals surface area contributed by atoms with Crippen LogP contribution >= 0.6 is 0 Å². The van der Waals surface area contributed by atoms with E-state index in [0.29, 0.717) is 13.0 Å². The van der Waals surface area contributed by atoms with Crippen LogP contribution < -0.4 is 5.32 Å². The Kier molecular flexibility index (Phi) is 2.64. The number of phenols is 1. The van der Waals surface area contributed by atoms with Crippen molar-refractivity contribution in [2.75, 3.05) is 13.2 Å². The van der Waals surface area contributed by atoms with Gasteiger partial charge in [0.25, 0.3) is 0 Å². The van der Waals surface area contributed by atoms with Gasteiger partial charge in [-0.1, -0.05) is 6.07 Å². The molecule has 1 unspecified atom stereocenters. The van der Waals surface area contributed by atoms with Crippen LogP contribution in [0.5, 0.6) is 5.75 Å². The first kappa shape index (κ1) is 14.0. The molecule has 3 saturated heterocycles. The fourth-order valence-electron chi connectivity index (χ4n) is 5.65. The van der Waals surface area contributed by atoms with Crippen LogP contribution in [0.1, 0.15) is 30.9 Å². The Morgan fingerprint density at radius 3 is 3.13 bits per heavy atom. The molecule has 5 nitrogen and oxygen atoms in total. The molecule has 3 aliphatic heterocycles. The minimum absolute atomic E-state index is 0.190. The van der Waals surface area contributed by atoms with Crippen LogP contribution in [-0.4, -0.2) is 47.9 Å². The number of carbonyl (C=O) groups excluding carboxylic acids is 1. The number of hydrogen-bond acceptors (Lipinski definition) is 5. The van der Waals surface area contributed by atoms with Gasteiger partial charge in [0.15, 0.2) is 5.78 Å². The van der Waals surface area contributed by atoms with Gasteiger partial charge in [-0.25, -0.2) is 0 Å². The smallest absolute Gasteiger partial charge is 0.191 e. The van der Waals surface area contributed by atoms with E-state index in [1.165, 1.54) is 5.56 Å². The lowest BCUT2D eigenvalue weighted by molar-refractivity contribution is -0.277. The van der Waals surface area contributed by atoms with Gasteiger partial charge >= 0.3 is 0 Å². The molecule has 1 aromatic carbocycles. The van der Waals surface area contributed by atoms with Crippen LogP contribution in [0, 0.1) is 0 Å². The molecule has 2 aliphatic carbocycles. The minimum Gasteiger partial charge on any atom is -0.508 e. The fourth-order valence-corrected chi connectivity index (χ4v) is 5.65. The van der Waals surface area contributed by atoms with Gasteiger partial charge in [0.2, 0.25) is 0 Å². The zero-order valence-corrected chi connectivity index (χ0v) is 13.2. The van der Waals surface area contributed by atoms with Gasteiger partial charge in [-0.05, 0) is 49.6 Å². The number of hydrogen-bond donors (Lipinski definition) is 2. The Balaban J connectivity index is 1.80. The highest BCUT2D eigenvalue weighted by molar-refractivity contribution is 5.96. The van der Waals surface area contributed by atoms with Gasteiger partial charge in [0.05, 0.1) is 11.0 Å². The maximum atomic E-state index is 12.6. The molecule has 3 heterocycles. The molecule has 0 aromatic heterocycles. The molecule has 5 aliphatic rings. The van der Waals surface area contributed by atoms with Gasteiger partial charge in [-0.15, -0.1) is 0 Å². The van der Waals surface area contributed by atoms with E-state index in [1.807, 2.05) is 19.1 Å². The number of fused-ring (bicyclic) bond motifs is 1.